The zero-order valence-electron chi connectivity index (χ0n) is 15.5. The highest BCUT2D eigenvalue weighted by atomic mass is 32.1. The molecule has 9 heteroatoms. The summed E-state index contributed by atoms with van der Waals surface area (Å²) in [5.41, 5.74) is 6.29. The molecule has 0 radical (unpaired) electrons. The molecule has 0 bridgehead atoms. The summed E-state index contributed by atoms with van der Waals surface area (Å²) in [6.45, 7) is 3.80. The predicted octanol–water partition coefficient (Wildman–Crippen LogP) is 3.74. The molecule has 1 aromatic carbocycles. The van der Waals surface area contributed by atoms with Gasteiger partial charge in [-0.2, -0.15) is 11.3 Å². The standard InChI is InChI=1S/C19H19N3O4S2/c1-11(2)26-15-5-4-12(8-16(15)25-3)17(23)21-22-18(24)14-10-28-19(20-14)13-6-7-27-9-13/h4-11H,1-3H3,(H,21,23)(H,22,24). The van der Waals surface area contributed by atoms with Crippen LogP contribution in [0.1, 0.15) is 34.7 Å². The SMILES string of the molecule is COc1cc(C(=O)NNC(=O)c2csc(-c3ccsc3)n2)ccc1OC(C)C. The van der Waals surface area contributed by atoms with E-state index in [9.17, 15) is 9.59 Å². The molecule has 0 fully saturated rings. The van der Waals surface area contributed by atoms with E-state index in [0.29, 0.717) is 17.1 Å². The Hall–Kier alpha value is -2.91. The lowest BCUT2D eigenvalue weighted by atomic mass is 10.2. The Kier molecular flexibility index (Phi) is 6.27. The van der Waals surface area contributed by atoms with Crippen molar-refractivity contribution in [3.05, 3.63) is 51.7 Å². The monoisotopic (exact) mass is 417 g/mol. The van der Waals surface area contributed by atoms with Gasteiger partial charge in [0.15, 0.2) is 11.5 Å². The van der Waals surface area contributed by atoms with Crippen LogP contribution in [0.2, 0.25) is 0 Å². The van der Waals surface area contributed by atoms with E-state index in [0.717, 1.165) is 10.6 Å². The molecule has 3 aromatic rings. The number of nitrogens with zero attached hydrogens (tertiary/aromatic N) is 1. The van der Waals surface area contributed by atoms with Crippen LogP contribution in [-0.2, 0) is 0 Å². The molecule has 2 aromatic heterocycles. The van der Waals surface area contributed by atoms with Crippen LogP contribution >= 0.6 is 22.7 Å². The van der Waals surface area contributed by atoms with Gasteiger partial charge in [-0.3, -0.25) is 20.4 Å². The van der Waals surface area contributed by atoms with Gasteiger partial charge in [0.25, 0.3) is 11.8 Å². The van der Waals surface area contributed by atoms with Crippen molar-refractivity contribution in [2.45, 2.75) is 20.0 Å². The largest absolute Gasteiger partial charge is 0.493 e. The summed E-state index contributed by atoms with van der Waals surface area (Å²) in [5, 5.41) is 6.31. The van der Waals surface area contributed by atoms with Gasteiger partial charge in [0.2, 0.25) is 0 Å². The van der Waals surface area contributed by atoms with Crippen molar-refractivity contribution in [3.63, 3.8) is 0 Å². The maximum Gasteiger partial charge on any atom is 0.289 e. The molecule has 2 amide bonds. The summed E-state index contributed by atoms with van der Waals surface area (Å²) >= 11 is 2.93. The number of carbonyl (C=O) groups excluding carboxylic acids is 2. The number of thiophene rings is 1. The second-order valence-electron chi connectivity index (χ2n) is 5.99. The third-order valence-corrected chi connectivity index (χ3v) is 5.16. The summed E-state index contributed by atoms with van der Waals surface area (Å²) in [6.07, 6.45) is -0.0232. The number of aromatic nitrogens is 1. The van der Waals surface area contributed by atoms with Gasteiger partial charge in [0.1, 0.15) is 10.7 Å². The Labute approximate surface area is 170 Å². The molecule has 0 atom stereocenters. The summed E-state index contributed by atoms with van der Waals surface area (Å²) in [7, 11) is 1.50. The van der Waals surface area contributed by atoms with Crippen LogP contribution in [0.5, 0.6) is 11.5 Å². The van der Waals surface area contributed by atoms with Gasteiger partial charge in [-0.25, -0.2) is 4.98 Å². The number of hydrogen-bond acceptors (Lipinski definition) is 7. The van der Waals surface area contributed by atoms with Gasteiger partial charge in [-0.15, -0.1) is 11.3 Å². The highest BCUT2D eigenvalue weighted by molar-refractivity contribution is 7.14. The lowest BCUT2D eigenvalue weighted by molar-refractivity contribution is 0.0844. The Bertz CT molecular complexity index is 967. The Morgan fingerprint density at radius 3 is 2.54 bits per heavy atom. The van der Waals surface area contributed by atoms with E-state index in [-0.39, 0.29) is 11.8 Å². The summed E-state index contributed by atoms with van der Waals surface area (Å²) < 4.78 is 10.9. The van der Waals surface area contributed by atoms with E-state index >= 15 is 0 Å². The third kappa shape index (κ3) is 4.68. The minimum atomic E-state index is -0.488. The number of nitrogens with one attached hydrogen (secondary N) is 2. The highest BCUT2D eigenvalue weighted by Gasteiger charge is 2.15. The molecule has 0 saturated heterocycles. The first-order valence-electron chi connectivity index (χ1n) is 8.41. The highest BCUT2D eigenvalue weighted by Crippen LogP contribution is 2.29. The van der Waals surface area contributed by atoms with Gasteiger partial charge < -0.3 is 9.47 Å². The van der Waals surface area contributed by atoms with Crippen molar-refractivity contribution < 1.29 is 19.1 Å². The van der Waals surface area contributed by atoms with Gasteiger partial charge in [-0.05, 0) is 43.5 Å². The van der Waals surface area contributed by atoms with Crippen molar-refractivity contribution in [3.8, 4) is 22.1 Å². The van der Waals surface area contributed by atoms with Gasteiger partial charge in [-0.1, -0.05) is 0 Å². The summed E-state index contributed by atoms with van der Waals surface area (Å²) in [6, 6.07) is 6.74. The lowest BCUT2D eigenvalue weighted by Gasteiger charge is -2.14. The minimum absolute atomic E-state index is 0.0232. The van der Waals surface area contributed by atoms with E-state index < -0.39 is 11.8 Å². The minimum Gasteiger partial charge on any atom is -0.493 e. The zero-order valence-corrected chi connectivity index (χ0v) is 17.1. The van der Waals surface area contributed by atoms with Crippen LogP contribution in [0.3, 0.4) is 0 Å². The van der Waals surface area contributed by atoms with Crippen LogP contribution in [0.4, 0.5) is 0 Å². The third-order valence-electron chi connectivity index (χ3n) is 3.58. The van der Waals surface area contributed by atoms with E-state index in [4.69, 9.17) is 9.47 Å². The van der Waals surface area contributed by atoms with Crippen molar-refractivity contribution in [1.29, 1.82) is 0 Å². The number of methoxy groups -OCH3 is 1. The first-order valence-corrected chi connectivity index (χ1v) is 10.2. The fraction of sp³-hybridized carbons (Fsp3) is 0.211. The van der Waals surface area contributed by atoms with Gasteiger partial charge in [0.05, 0.1) is 13.2 Å². The Morgan fingerprint density at radius 1 is 1.07 bits per heavy atom. The van der Waals surface area contributed by atoms with Crippen LogP contribution in [0.25, 0.3) is 10.6 Å². The lowest BCUT2D eigenvalue weighted by Crippen LogP contribution is -2.41. The van der Waals surface area contributed by atoms with E-state index in [1.165, 1.54) is 18.4 Å². The van der Waals surface area contributed by atoms with Crippen LogP contribution in [-0.4, -0.2) is 30.0 Å². The molecular weight excluding hydrogens is 398 g/mol. The maximum atomic E-state index is 12.3. The summed E-state index contributed by atoms with van der Waals surface area (Å²) in [4.78, 5) is 28.9. The fourth-order valence-corrected chi connectivity index (χ4v) is 3.82. The molecule has 7 nitrogen and oxygen atoms in total. The molecule has 0 aliphatic heterocycles. The molecule has 0 aliphatic carbocycles. The number of hydrogen-bond donors (Lipinski definition) is 2. The molecule has 0 saturated carbocycles. The van der Waals surface area contributed by atoms with Crippen molar-refractivity contribution in [2.24, 2.45) is 0 Å². The quantitative estimate of drug-likeness (QED) is 0.597. The molecule has 0 unspecified atom stereocenters. The molecule has 2 heterocycles. The van der Waals surface area contributed by atoms with Crippen LogP contribution in [0, 0.1) is 0 Å². The number of benzene rings is 1. The molecule has 146 valence electrons. The van der Waals surface area contributed by atoms with Gasteiger partial charge >= 0.3 is 0 Å². The van der Waals surface area contributed by atoms with E-state index in [1.807, 2.05) is 30.7 Å². The first-order chi connectivity index (χ1) is 13.5. The predicted molar refractivity (Wildman–Crippen MR) is 109 cm³/mol. The maximum absolute atomic E-state index is 12.3. The van der Waals surface area contributed by atoms with Crippen LogP contribution in [0.15, 0.2) is 40.4 Å². The smallest absolute Gasteiger partial charge is 0.289 e. The molecule has 28 heavy (non-hydrogen) atoms. The number of amides is 2. The van der Waals surface area contributed by atoms with Gasteiger partial charge in [0, 0.05) is 21.9 Å². The first kappa shape index (κ1) is 19.8. The van der Waals surface area contributed by atoms with Crippen molar-refractivity contribution in [1.82, 2.24) is 15.8 Å². The molecule has 3 rings (SSSR count). The summed E-state index contributed by atoms with van der Waals surface area (Å²) in [5.74, 6) is 0.0166. The number of ether oxygens (including phenoxy) is 2. The molecule has 0 spiro atoms. The number of rotatable bonds is 6. The fourth-order valence-electron chi connectivity index (χ4n) is 2.31. The second kappa shape index (κ2) is 8.85. The van der Waals surface area contributed by atoms with Crippen molar-refractivity contribution in [2.75, 3.05) is 7.11 Å². The van der Waals surface area contributed by atoms with Crippen molar-refractivity contribution >= 4 is 34.5 Å². The average Bonchev–Trinajstić information content (AvgIpc) is 3.37. The van der Waals surface area contributed by atoms with E-state index in [1.54, 1.807) is 34.9 Å². The molecule has 2 N–H and O–H groups in total. The second-order valence-corrected chi connectivity index (χ2v) is 7.63. The zero-order chi connectivity index (χ0) is 20.1. The average molecular weight is 418 g/mol. The Balaban J connectivity index is 1.63. The molecule has 0 aliphatic rings. The topological polar surface area (TPSA) is 89.6 Å². The Morgan fingerprint density at radius 2 is 1.86 bits per heavy atom. The number of carbonyl (C=O) groups is 2. The number of hydrazine groups is 1. The number of thiazole rings is 1. The van der Waals surface area contributed by atoms with Crippen LogP contribution < -0.4 is 20.3 Å². The normalized spacial score (nSPS) is 10.6. The molecular formula is C19H19N3O4S2. The van der Waals surface area contributed by atoms with E-state index in [2.05, 4.69) is 15.8 Å².